The molecule has 1 N–H and O–H groups in total. The topological polar surface area (TPSA) is 15.3 Å². The summed E-state index contributed by atoms with van der Waals surface area (Å²) in [6, 6.07) is 7.00. The summed E-state index contributed by atoms with van der Waals surface area (Å²) in [5.74, 6) is 0.664. The monoisotopic (exact) mass is 294 g/mol. The fraction of sp³-hybridized carbons (Fsp3) is 0.647. The molecular formula is C17H27ClN2. The molecule has 0 aliphatic heterocycles. The van der Waals surface area contributed by atoms with Crippen LogP contribution < -0.4 is 10.2 Å². The fourth-order valence-corrected chi connectivity index (χ4v) is 3.36. The van der Waals surface area contributed by atoms with Crippen molar-refractivity contribution in [1.82, 2.24) is 5.32 Å². The van der Waals surface area contributed by atoms with E-state index in [0.717, 1.165) is 18.1 Å². The van der Waals surface area contributed by atoms with E-state index in [1.807, 2.05) is 13.1 Å². The molecule has 2 rings (SSSR count). The summed E-state index contributed by atoms with van der Waals surface area (Å²) >= 11 is 6.26. The minimum absolute atomic E-state index is 0.664. The van der Waals surface area contributed by atoms with Crippen molar-refractivity contribution in [3.63, 3.8) is 0 Å². The first-order valence-corrected chi connectivity index (χ1v) is 8.19. The molecule has 0 radical (unpaired) electrons. The lowest BCUT2D eigenvalue weighted by molar-refractivity contribution is 0.533. The van der Waals surface area contributed by atoms with E-state index in [1.165, 1.54) is 36.9 Å². The quantitative estimate of drug-likeness (QED) is 0.833. The summed E-state index contributed by atoms with van der Waals surface area (Å²) in [7, 11) is 2.00. The highest BCUT2D eigenvalue weighted by molar-refractivity contribution is 6.30. The van der Waals surface area contributed by atoms with Crippen LogP contribution in [0.25, 0.3) is 0 Å². The second kappa shape index (κ2) is 7.33. The molecule has 112 valence electrons. The minimum Gasteiger partial charge on any atom is -0.368 e. The SMILES string of the molecule is CNCc1ccc(Cl)cc1N(CC(C)C)C1CCCC1. The van der Waals surface area contributed by atoms with E-state index < -0.39 is 0 Å². The highest BCUT2D eigenvalue weighted by Gasteiger charge is 2.25. The lowest BCUT2D eigenvalue weighted by Crippen LogP contribution is -2.37. The number of nitrogens with one attached hydrogen (secondary N) is 1. The standard InChI is InChI=1S/C17H27ClN2/c1-13(2)12-20(16-6-4-5-7-16)17-10-15(18)9-8-14(17)11-19-3/h8-10,13,16,19H,4-7,11-12H2,1-3H3. The van der Waals surface area contributed by atoms with Gasteiger partial charge in [0.2, 0.25) is 0 Å². The summed E-state index contributed by atoms with van der Waals surface area (Å²) in [5.41, 5.74) is 2.68. The molecule has 0 heterocycles. The van der Waals surface area contributed by atoms with Gasteiger partial charge in [-0.1, -0.05) is 44.4 Å². The minimum atomic E-state index is 0.664. The highest BCUT2D eigenvalue weighted by Crippen LogP contribution is 2.33. The summed E-state index contributed by atoms with van der Waals surface area (Å²) in [6.45, 7) is 6.60. The summed E-state index contributed by atoms with van der Waals surface area (Å²) in [4.78, 5) is 2.61. The molecule has 3 heteroatoms. The van der Waals surface area contributed by atoms with Gasteiger partial charge in [-0.15, -0.1) is 0 Å². The van der Waals surface area contributed by atoms with Crippen LogP contribution in [-0.2, 0) is 6.54 Å². The van der Waals surface area contributed by atoms with Gasteiger partial charge in [0, 0.05) is 29.8 Å². The Morgan fingerprint density at radius 3 is 2.60 bits per heavy atom. The zero-order chi connectivity index (χ0) is 14.5. The Kier molecular flexibility index (Phi) is 5.74. The van der Waals surface area contributed by atoms with Crippen molar-refractivity contribution in [2.24, 2.45) is 5.92 Å². The molecule has 0 spiro atoms. The third-order valence-electron chi connectivity index (χ3n) is 4.05. The number of anilines is 1. The Morgan fingerprint density at radius 1 is 1.30 bits per heavy atom. The van der Waals surface area contributed by atoms with Crippen molar-refractivity contribution in [1.29, 1.82) is 0 Å². The summed E-state index contributed by atoms with van der Waals surface area (Å²) < 4.78 is 0. The molecule has 1 aliphatic carbocycles. The molecule has 1 fully saturated rings. The number of rotatable bonds is 6. The number of nitrogens with zero attached hydrogens (tertiary/aromatic N) is 1. The molecule has 0 atom stereocenters. The van der Waals surface area contributed by atoms with Crippen molar-refractivity contribution in [3.05, 3.63) is 28.8 Å². The Morgan fingerprint density at radius 2 is 2.00 bits per heavy atom. The molecule has 20 heavy (non-hydrogen) atoms. The third-order valence-corrected chi connectivity index (χ3v) is 4.29. The zero-order valence-electron chi connectivity index (χ0n) is 13.0. The number of halogens is 1. The average Bonchev–Trinajstić information content (AvgIpc) is 2.92. The molecule has 1 aromatic rings. The first kappa shape index (κ1) is 15.7. The lowest BCUT2D eigenvalue weighted by atomic mass is 10.1. The van der Waals surface area contributed by atoms with Crippen LogP contribution in [0.2, 0.25) is 5.02 Å². The molecule has 0 aromatic heterocycles. The third kappa shape index (κ3) is 3.89. The van der Waals surface area contributed by atoms with Gasteiger partial charge in [-0.05, 0) is 43.5 Å². The van der Waals surface area contributed by atoms with Crippen molar-refractivity contribution in [2.45, 2.75) is 52.1 Å². The normalized spacial score (nSPS) is 16.1. The van der Waals surface area contributed by atoms with Crippen molar-refractivity contribution in [2.75, 3.05) is 18.5 Å². The molecule has 0 unspecified atom stereocenters. The van der Waals surface area contributed by atoms with E-state index in [-0.39, 0.29) is 0 Å². The van der Waals surface area contributed by atoms with Crippen LogP contribution in [0.4, 0.5) is 5.69 Å². The van der Waals surface area contributed by atoms with E-state index in [1.54, 1.807) is 0 Å². The van der Waals surface area contributed by atoms with Gasteiger partial charge < -0.3 is 10.2 Å². The molecule has 1 aliphatic rings. The maximum Gasteiger partial charge on any atom is 0.0429 e. The number of hydrogen-bond donors (Lipinski definition) is 1. The average molecular weight is 295 g/mol. The second-order valence-electron chi connectivity index (χ2n) is 6.29. The summed E-state index contributed by atoms with van der Waals surface area (Å²) in [6.07, 6.45) is 5.36. The van der Waals surface area contributed by atoms with Gasteiger partial charge in [-0.25, -0.2) is 0 Å². The molecule has 2 nitrogen and oxygen atoms in total. The van der Waals surface area contributed by atoms with Crippen LogP contribution >= 0.6 is 11.6 Å². The van der Waals surface area contributed by atoms with Crippen molar-refractivity contribution >= 4 is 17.3 Å². The Balaban J connectivity index is 2.32. The fourth-order valence-electron chi connectivity index (χ4n) is 3.20. The molecule has 1 saturated carbocycles. The smallest absolute Gasteiger partial charge is 0.0429 e. The maximum atomic E-state index is 6.26. The van der Waals surface area contributed by atoms with Gasteiger partial charge in [0.15, 0.2) is 0 Å². The predicted octanol–water partition coefficient (Wildman–Crippen LogP) is 4.46. The van der Waals surface area contributed by atoms with E-state index in [4.69, 9.17) is 11.6 Å². The van der Waals surface area contributed by atoms with Crippen LogP contribution in [0.15, 0.2) is 18.2 Å². The predicted molar refractivity (Wildman–Crippen MR) is 88.7 cm³/mol. The first-order chi connectivity index (χ1) is 9.61. The molecule has 0 amide bonds. The van der Waals surface area contributed by atoms with Gasteiger partial charge in [0.05, 0.1) is 0 Å². The van der Waals surface area contributed by atoms with Crippen LogP contribution in [0.3, 0.4) is 0 Å². The van der Waals surface area contributed by atoms with Gasteiger partial charge in [0.1, 0.15) is 0 Å². The Bertz CT molecular complexity index is 425. The Hall–Kier alpha value is -0.730. The number of benzene rings is 1. The maximum absolute atomic E-state index is 6.26. The van der Waals surface area contributed by atoms with Gasteiger partial charge >= 0.3 is 0 Å². The largest absolute Gasteiger partial charge is 0.368 e. The van der Waals surface area contributed by atoms with Crippen LogP contribution in [0, 0.1) is 5.92 Å². The number of hydrogen-bond acceptors (Lipinski definition) is 2. The van der Waals surface area contributed by atoms with Gasteiger partial charge in [0.25, 0.3) is 0 Å². The van der Waals surface area contributed by atoms with Crippen LogP contribution in [0.1, 0.15) is 45.1 Å². The molecule has 0 saturated heterocycles. The molecular weight excluding hydrogens is 268 g/mol. The molecule has 1 aromatic carbocycles. The van der Waals surface area contributed by atoms with Gasteiger partial charge in [-0.3, -0.25) is 0 Å². The van der Waals surface area contributed by atoms with E-state index in [2.05, 4.69) is 36.2 Å². The van der Waals surface area contributed by atoms with Crippen molar-refractivity contribution in [3.8, 4) is 0 Å². The van der Waals surface area contributed by atoms with E-state index >= 15 is 0 Å². The zero-order valence-corrected chi connectivity index (χ0v) is 13.7. The van der Waals surface area contributed by atoms with Crippen molar-refractivity contribution < 1.29 is 0 Å². The second-order valence-corrected chi connectivity index (χ2v) is 6.72. The van der Waals surface area contributed by atoms with Crippen LogP contribution in [-0.4, -0.2) is 19.6 Å². The van der Waals surface area contributed by atoms with E-state index in [0.29, 0.717) is 12.0 Å². The Labute approximate surface area is 128 Å². The first-order valence-electron chi connectivity index (χ1n) is 7.81. The van der Waals surface area contributed by atoms with Gasteiger partial charge in [-0.2, -0.15) is 0 Å². The summed E-state index contributed by atoms with van der Waals surface area (Å²) in [5, 5.41) is 4.11. The molecule has 0 bridgehead atoms. The van der Waals surface area contributed by atoms with E-state index in [9.17, 15) is 0 Å². The lowest BCUT2D eigenvalue weighted by Gasteiger charge is -2.34. The van der Waals surface area contributed by atoms with Crippen LogP contribution in [0.5, 0.6) is 0 Å². The highest BCUT2D eigenvalue weighted by atomic mass is 35.5.